The molecule has 1 aliphatic rings. The van der Waals surface area contributed by atoms with Crippen molar-refractivity contribution >= 4 is 41.7 Å². The number of unbranched alkanes of at least 4 members (excludes halogenated alkanes) is 30. The average molecular weight is 1070 g/mol. The number of carboxylic acids is 3. The third-order valence-electron chi connectivity index (χ3n) is 13.8. The van der Waals surface area contributed by atoms with E-state index in [1.54, 1.807) is 0 Å². The van der Waals surface area contributed by atoms with Crippen LogP contribution in [0.5, 0.6) is 0 Å². The van der Waals surface area contributed by atoms with Gasteiger partial charge in [0.15, 0.2) is 6.29 Å². The molecular weight excluding hydrogens is 971 g/mol. The maximum absolute atomic E-state index is 13.8. The van der Waals surface area contributed by atoms with E-state index in [4.69, 9.17) is 23.7 Å². The van der Waals surface area contributed by atoms with Crippen molar-refractivity contribution in [2.45, 2.75) is 314 Å². The first-order valence-corrected chi connectivity index (χ1v) is 29.3. The Labute approximate surface area is 448 Å². The highest BCUT2D eigenvalue weighted by Crippen LogP contribution is 2.27. The normalized spacial score (nSPS) is 18.3. The molecule has 0 aromatic heterocycles. The maximum Gasteiger partial charge on any atom is 0.352 e. The first-order chi connectivity index (χ1) is 36.1. The number of amides is 1. The molecule has 0 spiro atoms. The summed E-state index contributed by atoms with van der Waals surface area (Å²) in [6.07, 6.45) is 18.7. The summed E-state index contributed by atoms with van der Waals surface area (Å²) in [5, 5.41) is 54.6. The van der Waals surface area contributed by atoms with Gasteiger partial charge >= 0.3 is 35.8 Å². The van der Waals surface area contributed by atoms with Crippen molar-refractivity contribution in [3.63, 3.8) is 0 Å². The molecule has 75 heavy (non-hydrogen) atoms. The van der Waals surface area contributed by atoms with E-state index in [2.05, 4.69) is 26.1 Å². The van der Waals surface area contributed by atoms with Gasteiger partial charge in [-0.05, 0) is 19.3 Å². The fourth-order valence-electron chi connectivity index (χ4n) is 9.28. The number of aliphatic carboxylic acids is 3. The number of carbonyl (C=O) groups is 7. The van der Waals surface area contributed by atoms with Gasteiger partial charge in [-0.25, -0.2) is 9.59 Å². The number of carbonyl (C=O) groups excluding carboxylic acids is 4. The number of nitrogens with one attached hydrogen (secondary N) is 1. The summed E-state index contributed by atoms with van der Waals surface area (Å²) in [7, 11) is 0. The zero-order chi connectivity index (χ0) is 55.5. The second kappa shape index (κ2) is 45.2. The number of esters is 3. The van der Waals surface area contributed by atoms with Crippen LogP contribution >= 0.6 is 0 Å². The van der Waals surface area contributed by atoms with Gasteiger partial charge in [-0.1, -0.05) is 213 Å². The van der Waals surface area contributed by atoms with Crippen LogP contribution in [0.2, 0.25) is 0 Å². The molecule has 0 aromatic carbocycles. The number of rotatable bonds is 50. The van der Waals surface area contributed by atoms with Crippen molar-refractivity contribution in [2.24, 2.45) is 0 Å². The van der Waals surface area contributed by atoms with Crippen LogP contribution in [-0.2, 0) is 57.2 Å². The highest BCUT2D eigenvalue weighted by Gasteiger charge is 2.48. The van der Waals surface area contributed by atoms with Gasteiger partial charge in [-0.2, -0.15) is 0 Å². The maximum atomic E-state index is 13.8. The lowest BCUT2D eigenvalue weighted by atomic mass is 9.96. The van der Waals surface area contributed by atoms with Crippen LogP contribution < -0.4 is 5.32 Å². The molecule has 0 aromatic rings. The molecule has 1 aliphatic heterocycles. The third-order valence-corrected chi connectivity index (χ3v) is 13.8. The third kappa shape index (κ3) is 35.2. The minimum Gasteiger partial charge on any atom is -0.481 e. The van der Waals surface area contributed by atoms with Crippen LogP contribution in [0.15, 0.2) is 0 Å². The highest BCUT2D eigenvalue weighted by molar-refractivity contribution is 5.88. The molecule has 0 unspecified atom stereocenters. The SMILES string of the molecule is CCCCCCCCCCCCCC(=O)N[C@H]1[C@@H](OC(CC(=O)O)CC(=O)O)O[C@H](COC(=O)[C@H](OC(=O)CCCCCCCCCCCCC)[C@@H](OC(=O)CCCCCCCCCCCCC)C(=O)O)[C@@H](O)[C@@H]1O. The molecule has 0 radical (unpaired) electrons. The predicted octanol–water partition coefficient (Wildman–Crippen LogP) is 10.8. The van der Waals surface area contributed by atoms with Gasteiger partial charge in [0, 0.05) is 19.3 Å². The molecule has 1 rings (SSSR count). The molecule has 18 heteroatoms. The van der Waals surface area contributed by atoms with Gasteiger partial charge in [0.25, 0.3) is 0 Å². The van der Waals surface area contributed by atoms with Gasteiger partial charge in [0.1, 0.15) is 31.0 Å². The lowest BCUT2D eigenvalue weighted by Crippen LogP contribution is -2.65. The molecule has 1 heterocycles. The van der Waals surface area contributed by atoms with Gasteiger partial charge in [0.2, 0.25) is 18.1 Å². The van der Waals surface area contributed by atoms with Crippen molar-refractivity contribution in [2.75, 3.05) is 6.61 Å². The zero-order valence-corrected chi connectivity index (χ0v) is 46.3. The van der Waals surface area contributed by atoms with Crippen LogP contribution in [0, 0.1) is 0 Å². The minimum atomic E-state index is -2.31. The van der Waals surface area contributed by atoms with Crippen molar-refractivity contribution in [1.82, 2.24) is 5.32 Å². The summed E-state index contributed by atoms with van der Waals surface area (Å²) in [6, 6.07) is -1.54. The molecule has 0 saturated carbocycles. The molecule has 1 fully saturated rings. The van der Waals surface area contributed by atoms with Crippen molar-refractivity contribution in [3.8, 4) is 0 Å². The molecule has 0 aliphatic carbocycles. The Morgan fingerprint density at radius 3 is 1.17 bits per heavy atom. The molecular formula is C57H101NO17. The lowest BCUT2D eigenvalue weighted by Gasteiger charge is -2.43. The largest absolute Gasteiger partial charge is 0.481 e. The average Bonchev–Trinajstić information content (AvgIpc) is 3.36. The van der Waals surface area contributed by atoms with Crippen LogP contribution in [0.4, 0.5) is 0 Å². The summed E-state index contributed by atoms with van der Waals surface area (Å²) >= 11 is 0. The standard InChI is InChI=1S/C57H101NO17/c1-4-7-10-13-16-19-22-25-28-31-34-37-45(59)58-50-52(67)51(66)44(73-57(50)72-43(40-46(60)61)41-47(62)63)42-71-56(70)54(75-49(65)39-36-33-30-27-24-21-18-15-12-9-6-3)53(55(68)69)74-48(64)38-35-32-29-26-23-20-17-14-11-8-5-2/h43-44,50-54,57,66-67H,4-42H2,1-3H3,(H,58,59)(H,60,61)(H,62,63)(H,68,69)/t44-,50-,51-,52-,53-,54-,57+/m1/s1. The van der Waals surface area contributed by atoms with Crippen molar-refractivity contribution in [1.29, 1.82) is 0 Å². The second-order valence-electron chi connectivity index (χ2n) is 20.7. The summed E-state index contributed by atoms with van der Waals surface area (Å²) < 4.78 is 27.7. The smallest absolute Gasteiger partial charge is 0.352 e. The van der Waals surface area contributed by atoms with Crippen LogP contribution in [0.3, 0.4) is 0 Å². The Morgan fingerprint density at radius 1 is 0.467 bits per heavy atom. The van der Waals surface area contributed by atoms with Gasteiger partial charge < -0.3 is 54.5 Å². The second-order valence-corrected chi connectivity index (χ2v) is 20.7. The van der Waals surface area contributed by atoms with E-state index in [1.165, 1.54) is 96.3 Å². The molecule has 7 atom stereocenters. The number of aliphatic hydroxyl groups excluding tert-OH is 2. The fraction of sp³-hybridized carbons (Fsp3) is 0.877. The molecule has 6 N–H and O–H groups in total. The van der Waals surface area contributed by atoms with Crippen LogP contribution in [-0.4, -0.2) is 123 Å². The van der Waals surface area contributed by atoms with Crippen LogP contribution in [0.1, 0.15) is 265 Å². The Bertz CT molecular complexity index is 1530. The monoisotopic (exact) mass is 1070 g/mol. The van der Waals surface area contributed by atoms with E-state index in [9.17, 15) is 59.1 Å². The molecule has 436 valence electrons. The highest BCUT2D eigenvalue weighted by atomic mass is 16.7. The number of hydrogen-bond acceptors (Lipinski definition) is 14. The lowest BCUT2D eigenvalue weighted by molar-refractivity contribution is -0.284. The van der Waals surface area contributed by atoms with E-state index in [0.29, 0.717) is 32.1 Å². The van der Waals surface area contributed by atoms with Crippen LogP contribution in [0.25, 0.3) is 0 Å². The quantitative estimate of drug-likeness (QED) is 0.0188. The summed E-state index contributed by atoms with van der Waals surface area (Å²) in [5.41, 5.74) is 0. The summed E-state index contributed by atoms with van der Waals surface area (Å²) in [5.74, 6) is -8.52. The first-order valence-electron chi connectivity index (χ1n) is 29.3. The van der Waals surface area contributed by atoms with Gasteiger partial charge in [0.05, 0.1) is 18.9 Å². The van der Waals surface area contributed by atoms with Crippen molar-refractivity contribution < 1.29 is 82.8 Å². The Kier molecular flexibility index (Phi) is 41.7. The van der Waals surface area contributed by atoms with E-state index in [1.807, 2.05) is 0 Å². The van der Waals surface area contributed by atoms with E-state index >= 15 is 0 Å². The predicted molar refractivity (Wildman–Crippen MR) is 284 cm³/mol. The van der Waals surface area contributed by atoms with E-state index in [0.717, 1.165) is 83.5 Å². The molecule has 1 saturated heterocycles. The number of aliphatic hydroxyl groups is 2. The summed E-state index contributed by atoms with van der Waals surface area (Å²) in [4.78, 5) is 89.4. The Balaban J connectivity index is 3.11. The number of carboxylic acid groups (broad SMARTS) is 3. The fourth-order valence-corrected chi connectivity index (χ4v) is 9.28. The van der Waals surface area contributed by atoms with Crippen molar-refractivity contribution in [3.05, 3.63) is 0 Å². The van der Waals surface area contributed by atoms with E-state index in [-0.39, 0.29) is 19.3 Å². The van der Waals surface area contributed by atoms with E-state index < -0.39 is 110 Å². The topological polar surface area (TPSA) is 279 Å². The Morgan fingerprint density at radius 2 is 0.813 bits per heavy atom. The van der Waals surface area contributed by atoms with Gasteiger partial charge in [-0.3, -0.25) is 24.0 Å². The molecule has 0 bridgehead atoms. The number of hydrogen-bond donors (Lipinski definition) is 6. The zero-order valence-electron chi connectivity index (χ0n) is 46.3. The summed E-state index contributed by atoms with van der Waals surface area (Å²) in [6.45, 7) is 5.60. The van der Waals surface area contributed by atoms with Gasteiger partial charge in [-0.15, -0.1) is 0 Å². The molecule has 18 nitrogen and oxygen atoms in total. The number of ether oxygens (including phenoxy) is 5. The molecule has 1 amide bonds. The first kappa shape index (κ1) is 69.1. The minimum absolute atomic E-state index is 0.0335. The Hall–Kier alpha value is -3.87.